The molecule has 0 saturated carbocycles. The zero-order valence-electron chi connectivity index (χ0n) is 30.1. The van der Waals surface area contributed by atoms with Crippen molar-refractivity contribution in [2.75, 3.05) is 4.90 Å². The van der Waals surface area contributed by atoms with E-state index in [1.807, 2.05) is 78.9 Å². The second-order valence-corrected chi connectivity index (χ2v) is 14.5. The summed E-state index contributed by atoms with van der Waals surface area (Å²) < 4.78 is 0. The van der Waals surface area contributed by atoms with E-state index < -0.39 is 0 Å². The van der Waals surface area contributed by atoms with Gasteiger partial charge in [0.05, 0.1) is 22.8 Å². The van der Waals surface area contributed by atoms with Crippen LogP contribution in [-0.2, 0) is 0 Å². The fourth-order valence-corrected chi connectivity index (χ4v) is 8.05. The molecule has 1 aliphatic heterocycles. The molecular formula is C49H32N6S. The van der Waals surface area contributed by atoms with Crippen molar-refractivity contribution < 1.29 is 0 Å². The zero-order chi connectivity index (χ0) is 37.3. The van der Waals surface area contributed by atoms with Gasteiger partial charge in [0.25, 0.3) is 0 Å². The van der Waals surface area contributed by atoms with Crippen LogP contribution in [0.1, 0.15) is 0 Å². The van der Waals surface area contributed by atoms with Crippen LogP contribution in [0.15, 0.2) is 204 Å². The molecule has 0 spiro atoms. The molecule has 10 rings (SSSR count). The maximum Gasteiger partial charge on any atom is 0.238 e. The van der Waals surface area contributed by atoms with Crippen LogP contribution in [0, 0.1) is 0 Å². The summed E-state index contributed by atoms with van der Waals surface area (Å²) in [5, 5.41) is 0. The first-order chi connectivity index (χ1) is 27.7. The minimum Gasteiger partial charge on any atom is -0.277 e. The summed E-state index contributed by atoms with van der Waals surface area (Å²) in [6.45, 7) is 0. The van der Waals surface area contributed by atoms with Crippen LogP contribution >= 0.6 is 11.8 Å². The van der Waals surface area contributed by atoms with Crippen molar-refractivity contribution in [2.45, 2.75) is 9.79 Å². The summed E-state index contributed by atoms with van der Waals surface area (Å²) in [4.78, 5) is 29.9. The molecule has 56 heavy (non-hydrogen) atoms. The van der Waals surface area contributed by atoms with Crippen molar-refractivity contribution in [1.29, 1.82) is 0 Å². The van der Waals surface area contributed by atoms with E-state index in [4.69, 9.17) is 24.9 Å². The topological polar surface area (TPSA) is 67.7 Å². The van der Waals surface area contributed by atoms with E-state index in [1.165, 1.54) is 0 Å². The minimum absolute atomic E-state index is 0.564. The number of hydrogen-bond acceptors (Lipinski definition) is 7. The molecule has 0 radical (unpaired) electrons. The van der Waals surface area contributed by atoms with Crippen LogP contribution in [0.5, 0.6) is 0 Å². The molecule has 0 saturated heterocycles. The standard InChI is InChI=1S/C49H32N6S/c1-4-16-33(17-5-1)40-32-41(51-46(50-40)34-18-6-2-7-19-34)38-24-14-22-36(30-38)37-23-15-25-39(31-37)48-52-47(35-20-8-3-9-21-35)53-49(54-48)55-42-26-10-12-28-44(42)56-45-29-13-11-27-43(45)55/h1-32H. The molecule has 264 valence electrons. The summed E-state index contributed by atoms with van der Waals surface area (Å²) in [5.41, 5.74) is 10.7. The van der Waals surface area contributed by atoms with Gasteiger partial charge in [-0.2, -0.15) is 9.97 Å². The van der Waals surface area contributed by atoms with Gasteiger partial charge in [0.1, 0.15) is 0 Å². The van der Waals surface area contributed by atoms with Crippen molar-refractivity contribution in [3.8, 4) is 67.8 Å². The van der Waals surface area contributed by atoms with E-state index in [0.717, 1.165) is 71.5 Å². The SMILES string of the molecule is c1ccc(-c2cc(-c3cccc(-c4cccc(-c5nc(-c6ccccc6)nc(N6c7ccccc7Sc7ccccc76)n5)c4)c3)nc(-c3ccccc3)n2)cc1. The van der Waals surface area contributed by atoms with Gasteiger partial charge in [0, 0.05) is 37.6 Å². The van der Waals surface area contributed by atoms with E-state index in [1.54, 1.807) is 11.8 Å². The number of fused-ring (bicyclic) bond motifs is 2. The normalized spacial score (nSPS) is 11.8. The predicted molar refractivity (Wildman–Crippen MR) is 227 cm³/mol. The molecule has 0 N–H and O–H groups in total. The van der Waals surface area contributed by atoms with E-state index in [2.05, 4.69) is 120 Å². The Kier molecular flexibility index (Phi) is 8.67. The van der Waals surface area contributed by atoms with E-state index in [-0.39, 0.29) is 0 Å². The molecular weight excluding hydrogens is 705 g/mol. The second kappa shape index (κ2) is 14.5. The lowest BCUT2D eigenvalue weighted by atomic mass is 9.99. The summed E-state index contributed by atoms with van der Waals surface area (Å²) in [7, 11) is 0. The van der Waals surface area contributed by atoms with Crippen LogP contribution in [0.3, 0.4) is 0 Å². The summed E-state index contributed by atoms with van der Waals surface area (Å²) in [6.07, 6.45) is 0. The smallest absolute Gasteiger partial charge is 0.238 e. The van der Waals surface area contributed by atoms with Gasteiger partial charge in [0.15, 0.2) is 17.5 Å². The molecule has 3 heterocycles. The fraction of sp³-hybridized carbons (Fsp3) is 0. The summed E-state index contributed by atoms with van der Waals surface area (Å²) >= 11 is 1.76. The number of rotatable bonds is 7. The maximum absolute atomic E-state index is 5.21. The monoisotopic (exact) mass is 736 g/mol. The average Bonchev–Trinajstić information content (AvgIpc) is 3.29. The van der Waals surface area contributed by atoms with Crippen LogP contribution in [0.2, 0.25) is 0 Å². The molecule has 0 aliphatic carbocycles. The third-order valence-corrected chi connectivity index (χ3v) is 10.9. The Balaban J connectivity index is 1.08. The molecule has 0 bridgehead atoms. The molecule has 7 heteroatoms. The van der Waals surface area contributed by atoms with Crippen LogP contribution < -0.4 is 4.90 Å². The van der Waals surface area contributed by atoms with Crippen LogP contribution in [0.4, 0.5) is 17.3 Å². The van der Waals surface area contributed by atoms with Gasteiger partial charge in [-0.3, -0.25) is 4.90 Å². The highest BCUT2D eigenvalue weighted by Gasteiger charge is 2.27. The third kappa shape index (κ3) is 6.50. The number of nitrogens with zero attached hydrogens (tertiary/aromatic N) is 6. The summed E-state index contributed by atoms with van der Waals surface area (Å²) in [6, 6.07) is 66.3. The molecule has 0 atom stereocenters. The van der Waals surface area contributed by atoms with Crippen molar-refractivity contribution in [1.82, 2.24) is 24.9 Å². The lowest BCUT2D eigenvalue weighted by Crippen LogP contribution is -2.18. The lowest BCUT2D eigenvalue weighted by Gasteiger charge is -2.31. The number of anilines is 3. The quantitative estimate of drug-likeness (QED) is 0.161. The van der Waals surface area contributed by atoms with Gasteiger partial charge in [-0.15, -0.1) is 0 Å². The van der Waals surface area contributed by atoms with Gasteiger partial charge < -0.3 is 0 Å². The fourth-order valence-electron chi connectivity index (χ4n) is 6.99. The minimum atomic E-state index is 0.564. The van der Waals surface area contributed by atoms with Gasteiger partial charge in [-0.05, 0) is 53.6 Å². The predicted octanol–water partition coefficient (Wildman–Crippen LogP) is 12.6. The number of aromatic nitrogens is 5. The molecule has 7 aromatic carbocycles. The van der Waals surface area contributed by atoms with E-state index in [9.17, 15) is 0 Å². The molecule has 0 fully saturated rings. The first-order valence-corrected chi connectivity index (χ1v) is 19.2. The lowest BCUT2D eigenvalue weighted by molar-refractivity contribution is 1.00. The van der Waals surface area contributed by atoms with Gasteiger partial charge in [-0.25, -0.2) is 15.0 Å². The number of benzene rings is 7. The second-order valence-electron chi connectivity index (χ2n) is 13.4. The Morgan fingerprint density at radius 3 is 1.30 bits per heavy atom. The van der Waals surface area contributed by atoms with Crippen molar-refractivity contribution in [2.24, 2.45) is 0 Å². The van der Waals surface area contributed by atoms with Gasteiger partial charge in [-0.1, -0.05) is 163 Å². The van der Waals surface area contributed by atoms with Crippen LogP contribution in [0.25, 0.3) is 67.8 Å². The highest BCUT2D eigenvalue weighted by molar-refractivity contribution is 7.99. The van der Waals surface area contributed by atoms with Gasteiger partial charge >= 0.3 is 0 Å². The van der Waals surface area contributed by atoms with Crippen molar-refractivity contribution >= 4 is 29.1 Å². The Labute approximate surface area is 329 Å². The Morgan fingerprint density at radius 2 is 0.714 bits per heavy atom. The Hall–Kier alpha value is -7.22. The Morgan fingerprint density at radius 1 is 0.304 bits per heavy atom. The maximum atomic E-state index is 5.21. The van der Waals surface area contributed by atoms with Crippen molar-refractivity contribution in [3.63, 3.8) is 0 Å². The third-order valence-electron chi connectivity index (χ3n) is 9.73. The summed E-state index contributed by atoms with van der Waals surface area (Å²) in [5.74, 6) is 2.45. The highest BCUT2D eigenvalue weighted by atomic mass is 32.2. The number of para-hydroxylation sites is 2. The molecule has 2 aromatic heterocycles. The highest BCUT2D eigenvalue weighted by Crippen LogP contribution is 2.50. The zero-order valence-corrected chi connectivity index (χ0v) is 30.9. The largest absolute Gasteiger partial charge is 0.277 e. The first kappa shape index (κ1) is 33.4. The van der Waals surface area contributed by atoms with Crippen LogP contribution in [-0.4, -0.2) is 24.9 Å². The average molecular weight is 737 g/mol. The number of hydrogen-bond donors (Lipinski definition) is 0. The Bertz CT molecular complexity index is 2740. The molecule has 9 aromatic rings. The molecule has 6 nitrogen and oxygen atoms in total. The molecule has 0 amide bonds. The first-order valence-electron chi connectivity index (χ1n) is 18.4. The van der Waals surface area contributed by atoms with Gasteiger partial charge in [0.2, 0.25) is 5.95 Å². The van der Waals surface area contributed by atoms with E-state index >= 15 is 0 Å². The molecule has 0 unspecified atom stereocenters. The van der Waals surface area contributed by atoms with E-state index in [0.29, 0.717) is 23.4 Å². The van der Waals surface area contributed by atoms with Crippen molar-refractivity contribution in [3.05, 3.63) is 194 Å². The molecule has 1 aliphatic rings.